The molecule has 0 fully saturated rings. The van der Waals surface area contributed by atoms with Crippen molar-refractivity contribution < 1.29 is 19.5 Å². The van der Waals surface area contributed by atoms with Crippen LogP contribution in [0.15, 0.2) is 66.7 Å². The molecule has 0 aromatic heterocycles. The van der Waals surface area contributed by atoms with E-state index in [1.807, 2.05) is 37.4 Å². The number of carbonyl (C=O) groups excluding carboxylic acids is 2. The van der Waals surface area contributed by atoms with Gasteiger partial charge in [-0.25, -0.2) is 0 Å². The smallest absolute Gasteiger partial charge is 0.307 e. The standard InChI is InChI=1S/C29H29ClN4O4/c1-18(35)34(14-4-13-31-2)23-10-8-22(9-11-23)32-28(20-6-3-5-19(15-20)16-26(36)37)27-24-12-7-21(30)17-25(24)33-29(27)38/h3,5-12,15,17,31-32H,4,13-14,16H2,1-2H3,(H,33,38)(H,36,37)/b28-27-. The average molecular weight is 533 g/mol. The Morgan fingerprint density at radius 2 is 1.82 bits per heavy atom. The van der Waals surface area contributed by atoms with E-state index in [2.05, 4.69) is 16.0 Å². The van der Waals surface area contributed by atoms with Gasteiger partial charge in [0.05, 0.1) is 23.4 Å². The number of halogens is 1. The Morgan fingerprint density at radius 1 is 1.05 bits per heavy atom. The molecular formula is C29H29ClN4O4. The van der Waals surface area contributed by atoms with Crippen LogP contribution in [-0.4, -0.2) is 43.0 Å². The molecule has 0 bridgehead atoms. The minimum Gasteiger partial charge on any atom is -0.481 e. The van der Waals surface area contributed by atoms with E-state index >= 15 is 0 Å². The molecule has 2 amide bonds. The highest BCUT2D eigenvalue weighted by Gasteiger charge is 2.29. The summed E-state index contributed by atoms with van der Waals surface area (Å²) in [7, 11) is 1.87. The SMILES string of the molecule is CNCCCN(C(C)=O)c1ccc(N/C(=C2\C(=O)Nc3cc(Cl)ccc32)c2cccc(CC(=O)O)c2)cc1. The molecule has 1 aliphatic heterocycles. The van der Waals surface area contributed by atoms with Crippen molar-refractivity contribution in [3.05, 3.63) is 88.4 Å². The molecule has 0 saturated heterocycles. The first-order valence-corrected chi connectivity index (χ1v) is 12.6. The Balaban J connectivity index is 1.74. The molecule has 3 aromatic rings. The summed E-state index contributed by atoms with van der Waals surface area (Å²) in [5, 5.41) is 19.1. The molecule has 38 heavy (non-hydrogen) atoms. The number of hydrogen-bond donors (Lipinski definition) is 4. The molecule has 0 atom stereocenters. The highest BCUT2D eigenvalue weighted by molar-refractivity contribution is 6.38. The molecule has 4 rings (SSSR count). The van der Waals surface area contributed by atoms with Crippen LogP contribution < -0.4 is 20.9 Å². The maximum atomic E-state index is 13.2. The van der Waals surface area contributed by atoms with Crippen LogP contribution in [0.4, 0.5) is 17.1 Å². The monoisotopic (exact) mass is 532 g/mol. The van der Waals surface area contributed by atoms with E-state index in [0.29, 0.717) is 50.9 Å². The van der Waals surface area contributed by atoms with Crippen molar-refractivity contribution in [2.45, 2.75) is 19.8 Å². The van der Waals surface area contributed by atoms with Gasteiger partial charge in [-0.15, -0.1) is 0 Å². The number of carboxylic acids is 1. The Morgan fingerprint density at radius 3 is 2.50 bits per heavy atom. The number of nitrogens with one attached hydrogen (secondary N) is 3. The van der Waals surface area contributed by atoms with Crippen LogP contribution in [0.5, 0.6) is 0 Å². The highest BCUT2D eigenvalue weighted by atomic mass is 35.5. The molecule has 1 heterocycles. The minimum absolute atomic E-state index is 0.0437. The number of nitrogens with zero attached hydrogens (tertiary/aromatic N) is 1. The number of rotatable bonds is 10. The zero-order valence-electron chi connectivity index (χ0n) is 21.2. The predicted octanol–water partition coefficient (Wildman–Crippen LogP) is 4.86. The van der Waals surface area contributed by atoms with Gasteiger partial charge in [-0.05, 0) is 73.6 Å². The Labute approximate surface area is 226 Å². The zero-order valence-corrected chi connectivity index (χ0v) is 21.9. The first-order valence-electron chi connectivity index (χ1n) is 12.2. The summed E-state index contributed by atoms with van der Waals surface area (Å²) < 4.78 is 0. The zero-order chi connectivity index (χ0) is 27.2. The number of benzene rings is 3. The summed E-state index contributed by atoms with van der Waals surface area (Å²) in [6.45, 7) is 2.94. The summed E-state index contributed by atoms with van der Waals surface area (Å²) >= 11 is 6.15. The van der Waals surface area contributed by atoms with Gasteiger partial charge in [0.25, 0.3) is 5.91 Å². The first kappa shape index (κ1) is 26.9. The summed E-state index contributed by atoms with van der Waals surface area (Å²) in [4.78, 5) is 38.4. The van der Waals surface area contributed by atoms with Crippen molar-refractivity contribution in [1.29, 1.82) is 0 Å². The third-order valence-electron chi connectivity index (χ3n) is 6.18. The second kappa shape index (κ2) is 11.9. The highest BCUT2D eigenvalue weighted by Crippen LogP contribution is 2.39. The number of carboxylic acid groups (broad SMARTS) is 1. The van der Waals surface area contributed by atoms with Gasteiger partial charge in [0.1, 0.15) is 0 Å². The lowest BCUT2D eigenvalue weighted by molar-refractivity contribution is -0.136. The number of amides is 2. The van der Waals surface area contributed by atoms with Gasteiger partial charge in [-0.1, -0.05) is 35.9 Å². The summed E-state index contributed by atoms with van der Waals surface area (Å²) in [5.41, 5.74) is 5.00. The minimum atomic E-state index is -0.941. The largest absolute Gasteiger partial charge is 0.481 e. The van der Waals surface area contributed by atoms with Crippen LogP contribution in [0, 0.1) is 0 Å². The van der Waals surface area contributed by atoms with Gasteiger partial charge in [-0.3, -0.25) is 14.4 Å². The normalized spacial score (nSPS) is 13.5. The van der Waals surface area contributed by atoms with Crippen LogP contribution >= 0.6 is 11.6 Å². The lowest BCUT2D eigenvalue weighted by Gasteiger charge is -2.22. The molecule has 0 radical (unpaired) electrons. The van der Waals surface area contributed by atoms with Gasteiger partial charge in [0.15, 0.2) is 0 Å². The molecular weight excluding hydrogens is 504 g/mol. The fourth-order valence-electron chi connectivity index (χ4n) is 4.43. The summed E-state index contributed by atoms with van der Waals surface area (Å²) in [6.07, 6.45) is 0.676. The van der Waals surface area contributed by atoms with E-state index in [-0.39, 0.29) is 18.2 Å². The number of fused-ring (bicyclic) bond motifs is 1. The van der Waals surface area contributed by atoms with Gasteiger partial charge < -0.3 is 26.0 Å². The van der Waals surface area contributed by atoms with Crippen molar-refractivity contribution in [3.63, 3.8) is 0 Å². The fraction of sp³-hybridized carbons (Fsp3) is 0.207. The van der Waals surface area contributed by atoms with Crippen LogP contribution in [0.3, 0.4) is 0 Å². The fourth-order valence-corrected chi connectivity index (χ4v) is 4.61. The number of anilines is 3. The van der Waals surface area contributed by atoms with Gasteiger partial charge in [0.2, 0.25) is 5.91 Å². The number of hydrogen-bond acceptors (Lipinski definition) is 5. The molecule has 0 saturated carbocycles. The van der Waals surface area contributed by atoms with Crippen molar-refractivity contribution >= 4 is 57.7 Å². The topological polar surface area (TPSA) is 111 Å². The van der Waals surface area contributed by atoms with E-state index in [4.69, 9.17) is 11.6 Å². The van der Waals surface area contributed by atoms with Crippen molar-refractivity contribution in [3.8, 4) is 0 Å². The quantitative estimate of drug-likeness (QED) is 0.219. The molecule has 8 nitrogen and oxygen atoms in total. The van der Waals surface area contributed by atoms with Gasteiger partial charge in [0, 0.05) is 35.4 Å². The lowest BCUT2D eigenvalue weighted by Crippen LogP contribution is -2.31. The van der Waals surface area contributed by atoms with Crippen LogP contribution in [0.25, 0.3) is 11.3 Å². The third-order valence-corrected chi connectivity index (χ3v) is 6.42. The van der Waals surface area contributed by atoms with E-state index in [1.54, 1.807) is 48.2 Å². The molecule has 0 unspecified atom stereocenters. The Bertz CT molecular complexity index is 1400. The van der Waals surface area contributed by atoms with E-state index < -0.39 is 5.97 Å². The molecule has 0 spiro atoms. The first-order chi connectivity index (χ1) is 18.3. The molecule has 4 N–H and O–H groups in total. The summed E-state index contributed by atoms with van der Waals surface area (Å²) in [6, 6.07) is 19.7. The van der Waals surface area contributed by atoms with E-state index in [1.165, 1.54) is 0 Å². The lowest BCUT2D eigenvalue weighted by atomic mass is 9.98. The maximum Gasteiger partial charge on any atom is 0.307 e. The van der Waals surface area contributed by atoms with Crippen LogP contribution in [0.2, 0.25) is 5.02 Å². The van der Waals surface area contributed by atoms with E-state index in [0.717, 1.165) is 18.7 Å². The van der Waals surface area contributed by atoms with E-state index in [9.17, 15) is 19.5 Å². The maximum absolute atomic E-state index is 13.2. The summed E-state index contributed by atoms with van der Waals surface area (Å²) in [5.74, 6) is -1.28. The van der Waals surface area contributed by atoms with Crippen molar-refractivity contribution in [2.24, 2.45) is 0 Å². The second-order valence-corrected chi connectivity index (χ2v) is 9.40. The predicted molar refractivity (Wildman–Crippen MR) is 151 cm³/mol. The van der Waals surface area contributed by atoms with Crippen LogP contribution in [-0.2, 0) is 20.8 Å². The molecule has 0 aliphatic carbocycles. The molecule has 1 aliphatic rings. The van der Waals surface area contributed by atoms with Gasteiger partial charge in [-0.2, -0.15) is 0 Å². The molecule has 9 heteroatoms. The second-order valence-electron chi connectivity index (χ2n) is 8.96. The van der Waals surface area contributed by atoms with Crippen molar-refractivity contribution in [1.82, 2.24) is 5.32 Å². The Kier molecular flexibility index (Phi) is 8.45. The Hall–Kier alpha value is -4.14. The van der Waals surface area contributed by atoms with Crippen LogP contribution in [0.1, 0.15) is 30.0 Å². The molecule has 196 valence electrons. The number of aliphatic carboxylic acids is 1. The molecule has 3 aromatic carbocycles. The van der Waals surface area contributed by atoms with Gasteiger partial charge >= 0.3 is 5.97 Å². The average Bonchev–Trinajstić information content (AvgIpc) is 3.19. The van der Waals surface area contributed by atoms with Crippen molar-refractivity contribution in [2.75, 3.05) is 35.7 Å². The third kappa shape index (κ3) is 6.22. The number of carbonyl (C=O) groups is 3.